The van der Waals surface area contributed by atoms with E-state index >= 15 is 0 Å². The van der Waals surface area contributed by atoms with Crippen LogP contribution in [0.2, 0.25) is 0 Å². The first-order valence-corrected chi connectivity index (χ1v) is 4.89. The van der Waals surface area contributed by atoms with E-state index < -0.39 is 5.97 Å². The lowest BCUT2D eigenvalue weighted by Crippen LogP contribution is -1.95. The van der Waals surface area contributed by atoms with Gasteiger partial charge in [0.2, 0.25) is 0 Å². The number of benzene rings is 1. The Kier molecular flexibility index (Phi) is 3.89. The van der Waals surface area contributed by atoms with Crippen LogP contribution in [0, 0.1) is 0 Å². The van der Waals surface area contributed by atoms with E-state index in [1.54, 1.807) is 24.3 Å². The zero-order valence-corrected chi connectivity index (χ0v) is 9.10. The highest BCUT2D eigenvalue weighted by atomic mass is 16.4. The second-order valence-corrected chi connectivity index (χ2v) is 3.48. The van der Waals surface area contributed by atoms with E-state index in [4.69, 9.17) is 5.11 Å². The summed E-state index contributed by atoms with van der Waals surface area (Å²) in [5.74, 6) is -0.878. The Bertz CT molecular complexity index is 444. The van der Waals surface area contributed by atoms with E-state index in [-0.39, 0.29) is 11.3 Å². The minimum absolute atomic E-state index is 0.114. The summed E-state index contributed by atoms with van der Waals surface area (Å²) in [4.78, 5) is 10.7. The van der Waals surface area contributed by atoms with Crippen LogP contribution in [0.4, 0.5) is 0 Å². The van der Waals surface area contributed by atoms with Crippen LogP contribution in [0.1, 0.15) is 18.1 Å². The molecule has 0 radical (unpaired) electrons. The lowest BCUT2D eigenvalue weighted by atomic mass is 10.0. The maximum Gasteiger partial charge on any atom is 0.331 e. The van der Waals surface area contributed by atoms with Crippen LogP contribution in [0.3, 0.4) is 0 Å². The Morgan fingerprint density at radius 3 is 2.75 bits per heavy atom. The average molecular weight is 218 g/mol. The Morgan fingerprint density at radius 1 is 1.50 bits per heavy atom. The smallest absolute Gasteiger partial charge is 0.331 e. The highest BCUT2D eigenvalue weighted by Gasteiger charge is 2.06. The molecular formula is C13H14O3. The van der Waals surface area contributed by atoms with Gasteiger partial charge >= 0.3 is 5.97 Å². The molecule has 0 aliphatic rings. The van der Waals surface area contributed by atoms with Crippen molar-refractivity contribution in [1.82, 2.24) is 0 Å². The Hall–Kier alpha value is -2.03. The van der Waals surface area contributed by atoms with Crippen molar-refractivity contribution in [3.8, 4) is 5.75 Å². The zero-order chi connectivity index (χ0) is 12.1. The first-order chi connectivity index (χ1) is 7.56. The molecule has 1 aromatic rings. The second-order valence-electron chi connectivity index (χ2n) is 3.48. The van der Waals surface area contributed by atoms with E-state index in [0.717, 1.165) is 5.56 Å². The van der Waals surface area contributed by atoms with Crippen molar-refractivity contribution in [2.75, 3.05) is 0 Å². The molecule has 1 aromatic carbocycles. The number of phenolic OH excluding ortho intramolecular Hbond substituents is 1. The van der Waals surface area contributed by atoms with Crippen molar-refractivity contribution in [2.24, 2.45) is 0 Å². The van der Waals surface area contributed by atoms with Gasteiger partial charge in [-0.05, 0) is 25.0 Å². The first kappa shape index (κ1) is 12.0. The zero-order valence-electron chi connectivity index (χ0n) is 9.10. The van der Waals surface area contributed by atoms with E-state index in [0.29, 0.717) is 12.0 Å². The fourth-order valence-corrected chi connectivity index (χ4v) is 1.34. The third-order valence-corrected chi connectivity index (χ3v) is 2.22. The van der Waals surface area contributed by atoms with Crippen molar-refractivity contribution in [1.29, 1.82) is 0 Å². The minimum atomic E-state index is -0.992. The maximum absolute atomic E-state index is 10.7. The number of allylic oxidation sites excluding steroid dienone is 1. The van der Waals surface area contributed by atoms with E-state index in [1.807, 2.05) is 0 Å². The SMILES string of the molecule is C=CCc1cccc(/C=C(\C)C(=O)O)c1O. The summed E-state index contributed by atoms with van der Waals surface area (Å²) >= 11 is 0. The summed E-state index contributed by atoms with van der Waals surface area (Å²) in [7, 11) is 0. The molecule has 0 atom stereocenters. The molecule has 0 saturated carbocycles. The summed E-state index contributed by atoms with van der Waals surface area (Å²) in [5, 5.41) is 18.6. The summed E-state index contributed by atoms with van der Waals surface area (Å²) < 4.78 is 0. The molecule has 3 nitrogen and oxygen atoms in total. The predicted octanol–water partition coefficient (Wildman–Crippen LogP) is 2.61. The highest BCUT2D eigenvalue weighted by Crippen LogP contribution is 2.25. The van der Waals surface area contributed by atoms with Crippen molar-refractivity contribution < 1.29 is 15.0 Å². The van der Waals surface area contributed by atoms with Crippen LogP contribution in [-0.2, 0) is 11.2 Å². The number of rotatable bonds is 4. The molecule has 2 N–H and O–H groups in total. The molecule has 0 bridgehead atoms. The maximum atomic E-state index is 10.7. The van der Waals surface area contributed by atoms with Gasteiger partial charge in [0.15, 0.2) is 0 Å². The van der Waals surface area contributed by atoms with Crippen LogP contribution in [-0.4, -0.2) is 16.2 Å². The number of carbonyl (C=O) groups is 1. The molecule has 0 amide bonds. The standard InChI is InChI=1S/C13H14O3/c1-3-5-10-6-4-7-11(12(10)14)8-9(2)13(15)16/h3-4,6-8,14H,1,5H2,2H3,(H,15,16)/b9-8+. The van der Waals surface area contributed by atoms with Gasteiger partial charge in [-0.1, -0.05) is 24.3 Å². The van der Waals surface area contributed by atoms with Gasteiger partial charge < -0.3 is 10.2 Å². The van der Waals surface area contributed by atoms with Crippen LogP contribution in [0.25, 0.3) is 6.08 Å². The lowest BCUT2D eigenvalue weighted by Gasteiger charge is -2.05. The monoisotopic (exact) mass is 218 g/mol. The van der Waals surface area contributed by atoms with Gasteiger partial charge in [-0.3, -0.25) is 0 Å². The number of aliphatic carboxylic acids is 1. The molecule has 3 heteroatoms. The lowest BCUT2D eigenvalue weighted by molar-refractivity contribution is -0.132. The predicted molar refractivity (Wildman–Crippen MR) is 63.3 cm³/mol. The molecule has 0 spiro atoms. The van der Waals surface area contributed by atoms with Gasteiger partial charge in [0.05, 0.1) is 0 Å². The van der Waals surface area contributed by atoms with Crippen LogP contribution < -0.4 is 0 Å². The van der Waals surface area contributed by atoms with Crippen LogP contribution >= 0.6 is 0 Å². The minimum Gasteiger partial charge on any atom is -0.507 e. The molecule has 0 heterocycles. The second kappa shape index (κ2) is 5.16. The van der Waals surface area contributed by atoms with Gasteiger partial charge in [-0.25, -0.2) is 4.79 Å². The summed E-state index contributed by atoms with van der Waals surface area (Å²) in [6, 6.07) is 5.23. The molecule has 0 aliphatic heterocycles. The van der Waals surface area contributed by atoms with E-state index in [1.165, 1.54) is 13.0 Å². The summed E-state index contributed by atoms with van der Waals surface area (Å²) in [6.07, 6.45) is 3.69. The van der Waals surface area contributed by atoms with Crippen molar-refractivity contribution in [2.45, 2.75) is 13.3 Å². The van der Waals surface area contributed by atoms with Gasteiger partial charge in [0.25, 0.3) is 0 Å². The van der Waals surface area contributed by atoms with Gasteiger partial charge in [-0.2, -0.15) is 0 Å². The van der Waals surface area contributed by atoms with E-state index in [2.05, 4.69) is 6.58 Å². The fourth-order valence-electron chi connectivity index (χ4n) is 1.34. The molecule has 0 saturated heterocycles. The number of aromatic hydroxyl groups is 1. The Labute approximate surface area is 94.4 Å². The topological polar surface area (TPSA) is 57.5 Å². The number of para-hydroxylation sites is 1. The van der Waals surface area contributed by atoms with Crippen molar-refractivity contribution in [3.05, 3.63) is 47.6 Å². The van der Waals surface area contributed by atoms with Gasteiger partial charge in [0.1, 0.15) is 5.75 Å². The third kappa shape index (κ3) is 2.73. The molecule has 0 aromatic heterocycles. The summed E-state index contributed by atoms with van der Waals surface area (Å²) in [6.45, 7) is 5.08. The van der Waals surface area contributed by atoms with Gasteiger partial charge in [0, 0.05) is 11.1 Å². The molecular weight excluding hydrogens is 204 g/mol. The largest absolute Gasteiger partial charge is 0.507 e. The molecule has 84 valence electrons. The number of phenols is 1. The number of hydrogen-bond donors (Lipinski definition) is 2. The third-order valence-electron chi connectivity index (χ3n) is 2.22. The van der Waals surface area contributed by atoms with Crippen molar-refractivity contribution in [3.63, 3.8) is 0 Å². The Morgan fingerprint density at radius 2 is 2.19 bits per heavy atom. The van der Waals surface area contributed by atoms with Crippen LogP contribution in [0.5, 0.6) is 5.75 Å². The van der Waals surface area contributed by atoms with Gasteiger partial charge in [-0.15, -0.1) is 6.58 Å². The number of hydrogen-bond acceptors (Lipinski definition) is 2. The highest BCUT2D eigenvalue weighted by molar-refractivity contribution is 5.92. The van der Waals surface area contributed by atoms with E-state index in [9.17, 15) is 9.90 Å². The quantitative estimate of drug-likeness (QED) is 0.603. The molecule has 1 rings (SSSR count). The van der Waals surface area contributed by atoms with Crippen molar-refractivity contribution >= 4 is 12.0 Å². The molecule has 0 fully saturated rings. The molecule has 0 aliphatic carbocycles. The molecule has 16 heavy (non-hydrogen) atoms. The summed E-state index contributed by atoms with van der Waals surface area (Å²) in [5.41, 5.74) is 1.44. The average Bonchev–Trinajstić information content (AvgIpc) is 2.24. The Balaban J connectivity index is 3.15. The van der Waals surface area contributed by atoms with Crippen LogP contribution in [0.15, 0.2) is 36.4 Å². The number of carboxylic acids is 1. The normalized spacial score (nSPS) is 11.2. The first-order valence-electron chi connectivity index (χ1n) is 4.89. The number of carboxylic acid groups (broad SMARTS) is 1. The fraction of sp³-hybridized carbons (Fsp3) is 0.154. The molecule has 0 unspecified atom stereocenters.